The number of urea groups is 1. The van der Waals surface area contributed by atoms with E-state index in [1.54, 1.807) is 35.5 Å². The molecule has 1 fully saturated rings. The minimum atomic E-state index is -0.721. The fraction of sp³-hybridized carbons (Fsp3) is 0.368. The number of nitrogens with zero attached hydrogens (tertiary/aromatic N) is 2. The van der Waals surface area contributed by atoms with Crippen LogP contribution in [0.15, 0.2) is 42.7 Å². The van der Waals surface area contributed by atoms with Gasteiger partial charge in [-0.1, -0.05) is 12.1 Å². The lowest BCUT2D eigenvalue weighted by molar-refractivity contribution is 0.129. The number of aromatic nitrogens is 1. The van der Waals surface area contributed by atoms with Crippen LogP contribution in [-0.4, -0.2) is 33.6 Å². The number of amides is 2. The predicted molar refractivity (Wildman–Crippen MR) is 93.7 cm³/mol. The molecule has 0 aliphatic carbocycles. The molecule has 1 aliphatic rings. The molecule has 2 N–H and O–H groups in total. The fourth-order valence-electron chi connectivity index (χ4n) is 3.23. The summed E-state index contributed by atoms with van der Waals surface area (Å²) in [5.41, 5.74) is 2.31. The van der Waals surface area contributed by atoms with Crippen molar-refractivity contribution in [2.24, 2.45) is 0 Å². The molecule has 6 heteroatoms. The largest absolute Gasteiger partial charge is 0.388 e. The van der Waals surface area contributed by atoms with Crippen LogP contribution >= 0.6 is 0 Å². The number of carbonyl (C=O) groups excluding carboxylic acids is 1. The van der Waals surface area contributed by atoms with Crippen LogP contribution in [0.1, 0.15) is 36.5 Å². The van der Waals surface area contributed by atoms with E-state index in [4.69, 9.17) is 0 Å². The van der Waals surface area contributed by atoms with Gasteiger partial charge in [-0.05, 0) is 55.5 Å². The van der Waals surface area contributed by atoms with Gasteiger partial charge in [-0.25, -0.2) is 9.18 Å². The van der Waals surface area contributed by atoms with E-state index in [9.17, 15) is 14.3 Å². The van der Waals surface area contributed by atoms with Crippen LogP contribution in [0.3, 0.4) is 0 Å². The summed E-state index contributed by atoms with van der Waals surface area (Å²) in [5.74, 6) is -0.328. The molecule has 0 radical (unpaired) electrons. The molecule has 1 saturated heterocycles. The summed E-state index contributed by atoms with van der Waals surface area (Å²) in [6.07, 6.45) is 4.82. The van der Waals surface area contributed by atoms with Crippen LogP contribution in [-0.2, 0) is 0 Å². The van der Waals surface area contributed by atoms with E-state index in [0.717, 1.165) is 24.1 Å². The number of benzene rings is 1. The molecule has 1 aromatic heterocycles. The molecule has 3 rings (SSSR count). The standard InChI is InChI=1S/C19H22FN3O2/c1-13-12-21-9-8-17(13)22-19(25)23-10-2-3-16(23)11-18(24)14-4-6-15(20)7-5-14/h4-9,12,16,18,24H,2-3,10-11H2,1H3,(H,21,22,25). The average molecular weight is 343 g/mol. The van der Waals surface area contributed by atoms with Gasteiger partial charge in [0.1, 0.15) is 5.82 Å². The summed E-state index contributed by atoms with van der Waals surface area (Å²) < 4.78 is 13.0. The van der Waals surface area contributed by atoms with Crippen LogP contribution in [0.2, 0.25) is 0 Å². The quantitative estimate of drug-likeness (QED) is 0.890. The van der Waals surface area contributed by atoms with Crippen molar-refractivity contribution in [3.8, 4) is 0 Å². The van der Waals surface area contributed by atoms with Crippen molar-refractivity contribution in [1.29, 1.82) is 0 Å². The van der Waals surface area contributed by atoms with Gasteiger partial charge in [0.05, 0.1) is 6.10 Å². The third kappa shape index (κ3) is 4.14. The van der Waals surface area contributed by atoms with Crippen LogP contribution in [0, 0.1) is 12.7 Å². The first-order chi connectivity index (χ1) is 12.0. The zero-order chi connectivity index (χ0) is 17.8. The van der Waals surface area contributed by atoms with Gasteiger partial charge in [0.15, 0.2) is 0 Å². The number of anilines is 1. The van der Waals surface area contributed by atoms with Gasteiger partial charge in [-0.15, -0.1) is 0 Å². The molecule has 2 unspecified atom stereocenters. The number of pyridine rings is 1. The number of halogens is 1. The number of carbonyl (C=O) groups is 1. The van der Waals surface area contributed by atoms with Gasteiger partial charge < -0.3 is 15.3 Å². The second kappa shape index (κ2) is 7.61. The van der Waals surface area contributed by atoms with Gasteiger partial charge in [0, 0.05) is 30.7 Å². The van der Waals surface area contributed by atoms with E-state index < -0.39 is 6.10 Å². The van der Waals surface area contributed by atoms with E-state index >= 15 is 0 Å². The molecule has 0 bridgehead atoms. The van der Waals surface area contributed by atoms with Gasteiger partial charge in [0.2, 0.25) is 0 Å². The monoisotopic (exact) mass is 343 g/mol. The van der Waals surface area contributed by atoms with Crippen molar-refractivity contribution in [3.63, 3.8) is 0 Å². The molecule has 0 saturated carbocycles. The van der Waals surface area contributed by atoms with Gasteiger partial charge in [0.25, 0.3) is 0 Å². The SMILES string of the molecule is Cc1cnccc1NC(=O)N1CCCC1CC(O)c1ccc(F)cc1. The third-order valence-corrected chi connectivity index (χ3v) is 4.65. The van der Waals surface area contributed by atoms with E-state index in [2.05, 4.69) is 10.3 Å². The Morgan fingerprint density at radius 3 is 2.88 bits per heavy atom. The highest BCUT2D eigenvalue weighted by Crippen LogP contribution is 2.28. The number of aliphatic hydroxyl groups is 1. The fourth-order valence-corrected chi connectivity index (χ4v) is 3.23. The normalized spacial score (nSPS) is 18.2. The van der Waals surface area contributed by atoms with Crippen LogP contribution in [0.4, 0.5) is 14.9 Å². The predicted octanol–water partition coefficient (Wildman–Crippen LogP) is 3.65. The molecular weight excluding hydrogens is 321 g/mol. The van der Waals surface area contributed by atoms with Crippen LogP contribution in [0.5, 0.6) is 0 Å². The Morgan fingerprint density at radius 2 is 2.16 bits per heavy atom. The number of nitrogens with one attached hydrogen (secondary N) is 1. The van der Waals surface area contributed by atoms with Crippen molar-refractivity contribution < 1.29 is 14.3 Å². The van der Waals surface area contributed by atoms with Crippen molar-refractivity contribution in [1.82, 2.24) is 9.88 Å². The molecule has 5 nitrogen and oxygen atoms in total. The molecule has 2 amide bonds. The summed E-state index contributed by atoms with van der Waals surface area (Å²) in [6, 6.07) is 7.41. The number of aliphatic hydroxyl groups excluding tert-OH is 1. The summed E-state index contributed by atoms with van der Waals surface area (Å²) in [5, 5.41) is 13.3. The Hall–Kier alpha value is -2.47. The molecule has 2 atom stereocenters. The highest BCUT2D eigenvalue weighted by Gasteiger charge is 2.31. The minimum absolute atomic E-state index is 0.0396. The Bertz CT molecular complexity index is 736. The Kier molecular flexibility index (Phi) is 5.28. The summed E-state index contributed by atoms with van der Waals surface area (Å²) in [7, 11) is 0. The lowest BCUT2D eigenvalue weighted by atomic mass is 10.0. The lowest BCUT2D eigenvalue weighted by Gasteiger charge is -2.27. The maximum absolute atomic E-state index is 13.0. The molecule has 1 aromatic carbocycles. The van der Waals surface area contributed by atoms with Crippen molar-refractivity contribution in [3.05, 3.63) is 59.7 Å². The van der Waals surface area contributed by atoms with Gasteiger partial charge in [-0.2, -0.15) is 0 Å². The van der Waals surface area contributed by atoms with Crippen molar-refractivity contribution in [2.75, 3.05) is 11.9 Å². The van der Waals surface area contributed by atoms with Crippen LogP contribution < -0.4 is 5.32 Å². The zero-order valence-electron chi connectivity index (χ0n) is 14.2. The molecule has 1 aliphatic heterocycles. The van der Waals surface area contributed by atoms with Gasteiger partial charge in [-0.3, -0.25) is 4.98 Å². The number of hydrogen-bond donors (Lipinski definition) is 2. The molecule has 132 valence electrons. The van der Waals surface area contributed by atoms with E-state index in [0.29, 0.717) is 18.5 Å². The Morgan fingerprint density at radius 1 is 1.40 bits per heavy atom. The Balaban J connectivity index is 1.64. The van der Waals surface area contributed by atoms with E-state index in [-0.39, 0.29) is 17.9 Å². The first-order valence-corrected chi connectivity index (χ1v) is 8.46. The third-order valence-electron chi connectivity index (χ3n) is 4.65. The molecule has 25 heavy (non-hydrogen) atoms. The summed E-state index contributed by atoms with van der Waals surface area (Å²) in [4.78, 5) is 18.4. The molecule has 2 heterocycles. The summed E-state index contributed by atoms with van der Waals surface area (Å²) >= 11 is 0. The van der Waals surface area contributed by atoms with Crippen molar-refractivity contribution in [2.45, 2.75) is 38.3 Å². The smallest absolute Gasteiger partial charge is 0.322 e. The maximum atomic E-state index is 13.0. The zero-order valence-corrected chi connectivity index (χ0v) is 14.2. The average Bonchev–Trinajstić information content (AvgIpc) is 3.05. The minimum Gasteiger partial charge on any atom is -0.388 e. The first-order valence-electron chi connectivity index (χ1n) is 8.46. The Labute approximate surface area is 146 Å². The number of hydrogen-bond acceptors (Lipinski definition) is 3. The molecule has 0 spiro atoms. The number of rotatable bonds is 4. The lowest BCUT2D eigenvalue weighted by Crippen LogP contribution is -2.39. The van der Waals surface area contributed by atoms with Crippen LogP contribution in [0.25, 0.3) is 0 Å². The van der Waals surface area contributed by atoms with E-state index in [1.165, 1.54) is 12.1 Å². The summed E-state index contributed by atoms with van der Waals surface area (Å²) in [6.45, 7) is 2.55. The molecular formula is C19H22FN3O2. The first kappa shape index (κ1) is 17.4. The highest BCUT2D eigenvalue weighted by atomic mass is 19.1. The number of aryl methyl sites for hydroxylation is 1. The maximum Gasteiger partial charge on any atom is 0.322 e. The molecule has 2 aromatic rings. The second-order valence-electron chi connectivity index (χ2n) is 6.41. The second-order valence-corrected chi connectivity index (χ2v) is 6.41. The van der Waals surface area contributed by atoms with Gasteiger partial charge >= 0.3 is 6.03 Å². The highest BCUT2D eigenvalue weighted by molar-refractivity contribution is 5.90. The topological polar surface area (TPSA) is 65.5 Å². The van der Waals surface area contributed by atoms with E-state index in [1.807, 2.05) is 6.92 Å². The number of likely N-dealkylation sites (tertiary alicyclic amines) is 1. The van der Waals surface area contributed by atoms with Crippen molar-refractivity contribution >= 4 is 11.7 Å².